The van der Waals surface area contributed by atoms with E-state index in [0.717, 1.165) is 11.2 Å². The third-order valence-corrected chi connectivity index (χ3v) is 3.55. The number of carbonyl (C=O) groups is 1. The van der Waals surface area contributed by atoms with Crippen LogP contribution in [0.1, 0.15) is 29.9 Å². The van der Waals surface area contributed by atoms with Crippen LogP contribution >= 0.6 is 0 Å². The first kappa shape index (κ1) is 15.9. The third kappa shape index (κ3) is 2.93. The van der Waals surface area contributed by atoms with Crippen LogP contribution in [0, 0.1) is 6.92 Å². The highest BCUT2D eigenvalue weighted by Crippen LogP contribution is 2.30. The molecular weight excluding hydrogens is 282 g/mol. The summed E-state index contributed by atoms with van der Waals surface area (Å²) < 4.78 is 12.5. The first-order chi connectivity index (χ1) is 10.5. The minimum atomic E-state index is -0.383. The van der Waals surface area contributed by atoms with Gasteiger partial charge in [-0.2, -0.15) is 0 Å². The second-order valence-electron chi connectivity index (χ2n) is 5.11. The number of esters is 1. The van der Waals surface area contributed by atoms with Gasteiger partial charge in [0.05, 0.1) is 25.0 Å². The number of hydrogen-bond donors (Lipinski definition) is 1. The third-order valence-electron chi connectivity index (χ3n) is 3.55. The maximum absolute atomic E-state index is 12.3. The number of aromatic nitrogens is 1. The SMILES string of the molecule is C=CO[C@@H](C)Cn1c(C)c(C(=O)OCC)c2cc(O)ccc21. The second kappa shape index (κ2) is 6.56. The number of phenolic OH excluding ortho intramolecular Hbond substituents is 1. The molecule has 1 heterocycles. The number of nitrogens with zero attached hydrogens (tertiary/aromatic N) is 1. The average Bonchev–Trinajstić information content (AvgIpc) is 2.71. The van der Waals surface area contributed by atoms with E-state index in [1.165, 1.54) is 6.26 Å². The number of ether oxygens (including phenoxy) is 2. The molecule has 1 N–H and O–H groups in total. The fraction of sp³-hybridized carbons (Fsp3) is 0.353. The molecule has 0 aliphatic heterocycles. The van der Waals surface area contributed by atoms with Gasteiger partial charge in [0, 0.05) is 16.6 Å². The molecule has 0 fully saturated rings. The molecule has 1 aromatic heterocycles. The summed E-state index contributed by atoms with van der Waals surface area (Å²) >= 11 is 0. The molecule has 5 nitrogen and oxygen atoms in total. The number of carbonyl (C=O) groups excluding carboxylic acids is 1. The molecule has 0 amide bonds. The summed E-state index contributed by atoms with van der Waals surface area (Å²) in [5.41, 5.74) is 2.13. The van der Waals surface area contributed by atoms with E-state index in [2.05, 4.69) is 6.58 Å². The molecular formula is C17H21NO4. The molecule has 0 bridgehead atoms. The van der Waals surface area contributed by atoms with Gasteiger partial charge in [-0.3, -0.25) is 0 Å². The maximum Gasteiger partial charge on any atom is 0.340 e. The normalized spacial score (nSPS) is 12.1. The molecule has 0 saturated carbocycles. The van der Waals surface area contributed by atoms with Gasteiger partial charge in [-0.1, -0.05) is 6.58 Å². The lowest BCUT2D eigenvalue weighted by Crippen LogP contribution is -2.16. The van der Waals surface area contributed by atoms with Crippen molar-refractivity contribution in [1.82, 2.24) is 4.57 Å². The van der Waals surface area contributed by atoms with Gasteiger partial charge in [0.25, 0.3) is 0 Å². The lowest BCUT2D eigenvalue weighted by atomic mass is 10.1. The summed E-state index contributed by atoms with van der Waals surface area (Å²) in [5.74, 6) is -0.266. The van der Waals surface area contributed by atoms with Crippen molar-refractivity contribution in [1.29, 1.82) is 0 Å². The standard InChI is InChI=1S/C17H21NO4/c1-5-21-11(3)10-18-12(4)16(17(20)22-6-2)14-9-13(19)7-8-15(14)18/h5,7-9,11,19H,1,6,10H2,2-4H3/t11-/m0/s1. The van der Waals surface area contributed by atoms with Gasteiger partial charge in [-0.25, -0.2) is 4.79 Å². The van der Waals surface area contributed by atoms with Crippen LogP contribution in [0.3, 0.4) is 0 Å². The largest absolute Gasteiger partial charge is 0.508 e. The zero-order chi connectivity index (χ0) is 16.3. The Morgan fingerprint density at radius 2 is 2.23 bits per heavy atom. The first-order valence-electron chi connectivity index (χ1n) is 7.24. The molecule has 0 radical (unpaired) electrons. The van der Waals surface area contributed by atoms with Gasteiger partial charge >= 0.3 is 5.97 Å². The Bertz CT molecular complexity index is 702. The van der Waals surface area contributed by atoms with Crippen LogP contribution in [0.4, 0.5) is 0 Å². The quantitative estimate of drug-likeness (QED) is 0.656. The van der Waals surface area contributed by atoms with Gasteiger partial charge in [-0.15, -0.1) is 0 Å². The smallest absolute Gasteiger partial charge is 0.340 e. The Labute approximate surface area is 129 Å². The summed E-state index contributed by atoms with van der Waals surface area (Å²) in [4.78, 5) is 12.3. The number of aromatic hydroxyl groups is 1. The molecule has 1 aromatic carbocycles. The van der Waals surface area contributed by atoms with Crippen molar-refractivity contribution in [2.24, 2.45) is 0 Å². The monoisotopic (exact) mass is 303 g/mol. The predicted molar refractivity (Wildman–Crippen MR) is 85.0 cm³/mol. The van der Waals surface area contributed by atoms with Crippen molar-refractivity contribution in [3.05, 3.63) is 42.3 Å². The Morgan fingerprint density at radius 1 is 1.50 bits per heavy atom. The number of phenols is 1. The maximum atomic E-state index is 12.3. The highest BCUT2D eigenvalue weighted by atomic mass is 16.5. The summed E-state index contributed by atoms with van der Waals surface area (Å²) in [6.07, 6.45) is 1.32. The second-order valence-corrected chi connectivity index (χ2v) is 5.11. The molecule has 22 heavy (non-hydrogen) atoms. The van der Waals surface area contributed by atoms with Crippen LogP contribution in [0.5, 0.6) is 5.75 Å². The van der Waals surface area contributed by atoms with Gasteiger partial charge < -0.3 is 19.1 Å². The Hall–Kier alpha value is -2.43. The summed E-state index contributed by atoms with van der Waals surface area (Å²) in [6.45, 7) is 9.99. The van der Waals surface area contributed by atoms with Crippen LogP contribution in [0.2, 0.25) is 0 Å². The van der Waals surface area contributed by atoms with Crippen molar-refractivity contribution in [2.75, 3.05) is 6.61 Å². The molecule has 0 spiro atoms. The molecule has 118 valence electrons. The van der Waals surface area contributed by atoms with Crippen molar-refractivity contribution >= 4 is 16.9 Å². The molecule has 0 saturated heterocycles. The number of rotatable bonds is 6. The Morgan fingerprint density at radius 3 is 2.86 bits per heavy atom. The summed E-state index contributed by atoms with van der Waals surface area (Å²) in [5, 5.41) is 10.4. The van der Waals surface area contributed by atoms with Crippen molar-refractivity contribution in [3.8, 4) is 5.75 Å². The number of benzene rings is 1. The van der Waals surface area contributed by atoms with Crippen LogP contribution in [-0.4, -0.2) is 28.4 Å². The van der Waals surface area contributed by atoms with E-state index in [1.54, 1.807) is 25.1 Å². The summed E-state index contributed by atoms with van der Waals surface area (Å²) in [6, 6.07) is 4.98. The van der Waals surface area contributed by atoms with E-state index in [-0.39, 0.29) is 17.8 Å². The minimum Gasteiger partial charge on any atom is -0.508 e. The van der Waals surface area contributed by atoms with Crippen molar-refractivity contribution in [3.63, 3.8) is 0 Å². The van der Waals surface area contributed by atoms with Crippen LogP contribution < -0.4 is 0 Å². The molecule has 5 heteroatoms. The molecule has 1 atom stereocenters. The lowest BCUT2D eigenvalue weighted by molar-refractivity contribution is 0.0527. The van der Waals surface area contributed by atoms with Crippen LogP contribution in [0.25, 0.3) is 10.9 Å². The van der Waals surface area contributed by atoms with Gasteiger partial charge in [0.1, 0.15) is 11.9 Å². The van der Waals surface area contributed by atoms with E-state index in [9.17, 15) is 9.90 Å². The fourth-order valence-corrected chi connectivity index (χ4v) is 2.63. The predicted octanol–water partition coefficient (Wildman–Crippen LogP) is 3.38. The molecule has 0 unspecified atom stereocenters. The summed E-state index contributed by atoms with van der Waals surface area (Å²) in [7, 11) is 0. The van der Waals surface area contributed by atoms with Crippen LogP contribution in [0.15, 0.2) is 31.0 Å². The molecule has 2 aromatic rings. The van der Waals surface area contributed by atoms with E-state index >= 15 is 0 Å². The van der Waals surface area contributed by atoms with E-state index in [0.29, 0.717) is 24.1 Å². The van der Waals surface area contributed by atoms with Gasteiger partial charge in [0.15, 0.2) is 0 Å². The average molecular weight is 303 g/mol. The van der Waals surface area contributed by atoms with E-state index in [1.807, 2.05) is 18.4 Å². The zero-order valence-electron chi connectivity index (χ0n) is 13.1. The van der Waals surface area contributed by atoms with Gasteiger partial charge in [-0.05, 0) is 39.0 Å². The minimum absolute atomic E-state index is 0.0874. The zero-order valence-corrected chi connectivity index (χ0v) is 13.1. The Kier molecular flexibility index (Phi) is 4.75. The van der Waals surface area contributed by atoms with Gasteiger partial charge in [0.2, 0.25) is 0 Å². The first-order valence-corrected chi connectivity index (χ1v) is 7.24. The van der Waals surface area contributed by atoms with E-state index < -0.39 is 0 Å². The Balaban J connectivity index is 2.59. The highest BCUT2D eigenvalue weighted by Gasteiger charge is 2.22. The van der Waals surface area contributed by atoms with Crippen LogP contribution in [-0.2, 0) is 16.0 Å². The van der Waals surface area contributed by atoms with Crippen molar-refractivity contribution in [2.45, 2.75) is 33.4 Å². The molecule has 0 aliphatic rings. The number of hydrogen-bond acceptors (Lipinski definition) is 4. The highest BCUT2D eigenvalue weighted by molar-refractivity contribution is 6.06. The fourth-order valence-electron chi connectivity index (χ4n) is 2.63. The lowest BCUT2D eigenvalue weighted by Gasteiger charge is -2.15. The topological polar surface area (TPSA) is 60.7 Å². The molecule has 0 aliphatic carbocycles. The molecule has 2 rings (SSSR count). The number of fused-ring (bicyclic) bond motifs is 1. The van der Waals surface area contributed by atoms with E-state index in [4.69, 9.17) is 9.47 Å². The van der Waals surface area contributed by atoms with Crippen molar-refractivity contribution < 1.29 is 19.4 Å².